The highest BCUT2D eigenvalue weighted by Crippen LogP contribution is 2.31. The molecule has 0 aliphatic carbocycles. The van der Waals surface area contributed by atoms with Crippen LogP contribution in [0.1, 0.15) is 19.3 Å². The Kier molecular flexibility index (Phi) is 5.94. The van der Waals surface area contributed by atoms with Crippen molar-refractivity contribution in [1.29, 1.82) is 0 Å². The van der Waals surface area contributed by atoms with Gasteiger partial charge in [0.25, 0.3) is 0 Å². The maximum absolute atomic E-state index is 12.4. The van der Waals surface area contributed by atoms with Gasteiger partial charge in [0.2, 0.25) is 5.91 Å². The molecule has 2 rings (SSSR count). The molecule has 0 bridgehead atoms. The number of carbonyl (C=O) groups is 1. The molecule has 0 aromatic heterocycles. The van der Waals surface area contributed by atoms with Gasteiger partial charge in [-0.25, -0.2) is 0 Å². The summed E-state index contributed by atoms with van der Waals surface area (Å²) in [4.78, 5) is 13.7. The minimum absolute atomic E-state index is 0.0184. The van der Waals surface area contributed by atoms with Gasteiger partial charge >= 0.3 is 6.61 Å². The molecule has 5 nitrogen and oxygen atoms in total. The van der Waals surface area contributed by atoms with Crippen LogP contribution in [0.25, 0.3) is 0 Å². The van der Waals surface area contributed by atoms with Gasteiger partial charge in [-0.3, -0.25) is 4.79 Å². The summed E-state index contributed by atoms with van der Waals surface area (Å²) in [7, 11) is 0. The van der Waals surface area contributed by atoms with E-state index in [9.17, 15) is 13.6 Å². The van der Waals surface area contributed by atoms with Crippen LogP contribution >= 0.6 is 0 Å². The maximum atomic E-state index is 12.4. The molecule has 3 N–H and O–H groups in total. The molecule has 1 fully saturated rings. The lowest BCUT2D eigenvalue weighted by Crippen LogP contribution is -2.37. The normalized spacial score (nSPS) is 17.8. The predicted octanol–water partition coefficient (Wildman–Crippen LogP) is 1.72. The number of carbonyl (C=O) groups excluding carboxylic acids is 1. The zero-order valence-corrected chi connectivity index (χ0v) is 12.3. The van der Waals surface area contributed by atoms with Gasteiger partial charge in [-0.2, -0.15) is 8.78 Å². The average Bonchev–Trinajstić information content (AvgIpc) is 2.93. The highest BCUT2D eigenvalue weighted by molar-refractivity contribution is 5.76. The van der Waals surface area contributed by atoms with Gasteiger partial charge in [-0.05, 0) is 31.5 Å². The predicted molar refractivity (Wildman–Crippen MR) is 80.1 cm³/mol. The molecular formula is C15H21F2N3O2. The Bertz CT molecular complexity index is 499. The Labute approximate surface area is 128 Å². The van der Waals surface area contributed by atoms with Gasteiger partial charge in [0.15, 0.2) is 0 Å². The van der Waals surface area contributed by atoms with Crippen LogP contribution in [-0.4, -0.2) is 38.2 Å². The molecule has 1 saturated heterocycles. The number of ether oxygens (including phenoxy) is 1. The minimum Gasteiger partial charge on any atom is -0.433 e. The van der Waals surface area contributed by atoms with Crippen LogP contribution in [0.5, 0.6) is 5.75 Å². The number of alkyl halides is 2. The summed E-state index contributed by atoms with van der Waals surface area (Å²) in [5.41, 5.74) is 6.00. The zero-order valence-electron chi connectivity index (χ0n) is 12.3. The number of anilines is 1. The first-order valence-corrected chi connectivity index (χ1v) is 7.38. The number of nitrogens with one attached hydrogen (secondary N) is 1. The van der Waals surface area contributed by atoms with Gasteiger partial charge in [0.1, 0.15) is 5.75 Å². The number of hydrogen-bond acceptors (Lipinski definition) is 4. The molecule has 1 amide bonds. The monoisotopic (exact) mass is 313 g/mol. The van der Waals surface area contributed by atoms with E-state index in [1.807, 2.05) is 4.90 Å². The molecule has 1 atom stereocenters. The van der Waals surface area contributed by atoms with Crippen molar-refractivity contribution >= 4 is 11.6 Å². The van der Waals surface area contributed by atoms with Crippen LogP contribution in [0.15, 0.2) is 24.3 Å². The molecule has 22 heavy (non-hydrogen) atoms. The Morgan fingerprint density at radius 3 is 2.95 bits per heavy atom. The van der Waals surface area contributed by atoms with Gasteiger partial charge in [-0.15, -0.1) is 0 Å². The fourth-order valence-corrected chi connectivity index (χ4v) is 2.57. The molecule has 1 aliphatic heterocycles. The standard InChI is InChI=1S/C15H21F2N3O2/c16-15(17)22-13-5-2-1-4-12(13)20-9-7-11(10-20)19-14(21)6-3-8-18/h1-2,4-5,11,15H,3,6-10,18H2,(H,19,21). The summed E-state index contributed by atoms with van der Waals surface area (Å²) in [6, 6.07) is 6.72. The number of amides is 1. The topological polar surface area (TPSA) is 67.6 Å². The first kappa shape index (κ1) is 16.5. The molecule has 0 radical (unpaired) electrons. The van der Waals surface area contributed by atoms with E-state index in [1.54, 1.807) is 18.2 Å². The van der Waals surface area contributed by atoms with Gasteiger partial charge < -0.3 is 20.7 Å². The molecule has 0 spiro atoms. The summed E-state index contributed by atoms with van der Waals surface area (Å²) in [6.45, 7) is -1.10. The minimum atomic E-state index is -2.85. The van der Waals surface area contributed by atoms with E-state index in [-0.39, 0.29) is 17.7 Å². The Morgan fingerprint density at radius 2 is 2.23 bits per heavy atom. The maximum Gasteiger partial charge on any atom is 0.387 e. The third kappa shape index (κ3) is 4.56. The number of benzene rings is 1. The second-order valence-electron chi connectivity index (χ2n) is 5.24. The third-order valence-electron chi connectivity index (χ3n) is 3.58. The summed E-state index contributed by atoms with van der Waals surface area (Å²) in [5.74, 6) is 0.141. The fraction of sp³-hybridized carbons (Fsp3) is 0.533. The van der Waals surface area contributed by atoms with Crippen molar-refractivity contribution in [3.63, 3.8) is 0 Å². The van der Waals surface area contributed by atoms with E-state index >= 15 is 0 Å². The fourth-order valence-electron chi connectivity index (χ4n) is 2.57. The number of nitrogens with two attached hydrogens (primary N) is 1. The first-order chi connectivity index (χ1) is 10.6. The van der Waals surface area contributed by atoms with E-state index in [4.69, 9.17) is 5.73 Å². The molecule has 1 unspecified atom stereocenters. The molecule has 1 aromatic carbocycles. The summed E-state index contributed by atoms with van der Waals surface area (Å²) in [5, 5.41) is 2.95. The van der Waals surface area contributed by atoms with E-state index < -0.39 is 6.61 Å². The molecule has 0 saturated carbocycles. The quantitative estimate of drug-likeness (QED) is 0.804. The highest BCUT2D eigenvalue weighted by atomic mass is 19.3. The second-order valence-corrected chi connectivity index (χ2v) is 5.24. The van der Waals surface area contributed by atoms with E-state index in [1.165, 1.54) is 6.07 Å². The van der Waals surface area contributed by atoms with Crippen molar-refractivity contribution < 1.29 is 18.3 Å². The van der Waals surface area contributed by atoms with Crippen LogP contribution in [0.2, 0.25) is 0 Å². The lowest BCUT2D eigenvalue weighted by Gasteiger charge is -2.22. The van der Waals surface area contributed by atoms with Crippen LogP contribution in [0.3, 0.4) is 0 Å². The van der Waals surface area contributed by atoms with Crippen molar-refractivity contribution in [1.82, 2.24) is 5.32 Å². The van der Waals surface area contributed by atoms with Crippen LogP contribution in [-0.2, 0) is 4.79 Å². The summed E-state index contributed by atoms with van der Waals surface area (Å²) >= 11 is 0. The SMILES string of the molecule is NCCCC(=O)NC1CCN(c2ccccc2OC(F)F)C1. The van der Waals surface area contributed by atoms with E-state index in [0.29, 0.717) is 38.2 Å². The van der Waals surface area contributed by atoms with Crippen LogP contribution < -0.4 is 20.7 Å². The first-order valence-electron chi connectivity index (χ1n) is 7.38. The molecule has 7 heteroatoms. The van der Waals surface area contributed by atoms with Gasteiger partial charge in [0.05, 0.1) is 5.69 Å². The van der Waals surface area contributed by atoms with Crippen molar-refractivity contribution in [3.05, 3.63) is 24.3 Å². The third-order valence-corrected chi connectivity index (χ3v) is 3.58. The molecule has 1 aliphatic rings. The molecule has 1 aromatic rings. The van der Waals surface area contributed by atoms with Crippen molar-refractivity contribution in [2.45, 2.75) is 31.9 Å². The smallest absolute Gasteiger partial charge is 0.387 e. The molecule has 122 valence electrons. The van der Waals surface area contributed by atoms with Crippen LogP contribution in [0, 0.1) is 0 Å². The number of rotatable bonds is 7. The van der Waals surface area contributed by atoms with Crippen molar-refractivity contribution in [2.75, 3.05) is 24.5 Å². The second kappa shape index (κ2) is 7.93. The lowest BCUT2D eigenvalue weighted by molar-refractivity contribution is -0.121. The average molecular weight is 313 g/mol. The van der Waals surface area contributed by atoms with Crippen molar-refractivity contribution in [3.8, 4) is 5.75 Å². The number of hydrogen-bond donors (Lipinski definition) is 2. The largest absolute Gasteiger partial charge is 0.433 e. The summed E-state index contributed by atoms with van der Waals surface area (Å²) in [6.07, 6.45) is 1.85. The van der Waals surface area contributed by atoms with Gasteiger partial charge in [0, 0.05) is 25.6 Å². The number of halogens is 2. The Balaban J connectivity index is 1.94. The van der Waals surface area contributed by atoms with E-state index in [0.717, 1.165) is 6.42 Å². The number of para-hydroxylation sites is 2. The number of nitrogens with zero attached hydrogens (tertiary/aromatic N) is 1. The Hall–Kier alpha value is -1.89. The molecule has 1 heterocycles. The molecular weight excluding hydrogens is 292 g/mol. The van der Waals surface area contributed by atoms with E-state index in [2.05, 4.69) is 10.1 Å². The van der Waals surface area contributed by atoms with Crippen molar-refractivity contribution in [2.24, 2.45) is 5.73 Å². The highest BCUT2D eigenvalue weighted by Gasteiger charge is 2.26. The Morgan fingerprint density at radius 1 is 1.45 bits per heavy atom. The summed E-state index contributed by atoms with van der Waals surface area (Å²) < 4.78 is 29.4. The zero-order chi connectivity index (χ0) is 15.9. The van der Waals surface area contributed by atoms with Crippen LogP contribution in [0.4, 0.5) is 14.5 Å². The van der Waals surface area contributed by atoms with Gasteiger partial charge in [-0.1, -0.05) is 12.1 Å². The lowest BCUT2D eigenvalue weighted by atomic mass is 10.2.